The van der Waals surface area contributed by atoms with Gasteiger partial charge in [0.1, 0.15) is 12.1 Å². The molecule has 1 heterocycles. The number of hydrogen-bond acceptors (Lipinski definition) is 3. The summed E-state index contributed by atoms with van der Waals surface area (Å²) in [7, 11) is 0. The second kappa shape index (κ2) is 5.04. The lowest BCUT2D eigenvalue weighted by Gasteiger charge is -2.13. The summed E-state index contributed by atoms with van der Waals surface area (Å²) in [5.41, 5.74) is 0.0395. The van der Waals surface area contributed by atoms with Crippen LogP contribution in [0.1, 0.15) is 13.8 Å². The van der Waals surface area contributed by atoms with Crippen molar-refractivity contribution in [2.24, 2.45) is 0 Å². The Hall–Kier alpha value is -1.46. The van der Waals surface area contributed by atoms with E-state index in [1.807, 2.05) is 13.8 Å². The molecule has 2 rings (SSSR count). The van der Waals surface area contributed by atoms with Gasteiger partial charge in [0.2, 0.25) is 0 Å². The molecule has 0 atom stereocenters. The first kappa shape index (κ1) is 13.0. The predicted molar refractivity (Wildman–Crippen MR) is 70.0 cm³/mol. The number of aromatic nitrogens is 3. The van der Waals surface area contributed by atoms with E-state index in [1.54, 1.807) is 6.07 Å². The Labute approximate surface area is 113 Å². The lowest BCUT2D eigenvalue weighted by Crippen LogP contribution is -2.17. The summed E-state index contributed by atoms with van der Waals surface area (Å²) in [6, 6.07) is 3.12. The van der Waals surface area contributed by atoms with Gasteiger partial charge in [0.15, 0.2) is 0 Å². The van der Waals surface area contributed by atoms with Gasteiger partial charge in [0, 0.05) is 6.07 Å². The molecule has 0 aliphatic carbocycles. The fraction of sp³-hybridized carbons (Fsp3) is 0.273. The molecule has 2 aromatic rings. The SMILES string of the molecule is CC(C)Oc1cc(-n2nc[nH]c2=O)c(Cl)cc1Cl. The molecule has 1 N–H and O–H groups in total. The third-order valence-corrected chi connectivity index (χ3v) is 2.74. The molecular formula is C11H11Cl2N3O2. The molecule has 7 heteroatoms. The number of nitrogens with one attached hydrogen (secondary N) is 1. The van der Waals surface area contributed by atoms with Gasteiger partial charge < -0.3 is 4.74 Å². The van der Waals surface area contributed by atoms with Crippen molar-refractivity contribution in [2.45, 2.75) is 20.0 Å². The number of benzene rings is 1. The van der Waals surface area contributed by atoms with Gasteiger partial charge in [-0.15, -0.1) is 0 Å². The molecule has 0 radical (unpaired) electrons. The molecule has 0 fully saturated rings. The standard InChI is InChI=1S/C11H11Cl2N3O2/c1-6(2)18-10-4-9(7(12)3-8(10)13)16-11(17)14-5-15-16/h3-6H,1-2H3,(H,14,15,17). The van der Waals surface area contributed by atoms with Crippen LogP contribution in [0, 0.1) is 0 Å². The number of ether oxygens (including phenoxy) is 1. The summed E-state index contributed by atoms with van der Waals surface area (Å²) < 4.78 is 6.68. The third-order valence-electron chi connectivity index (χ3n) is 2.15. The Bertz CT molecular complexity index is 619. The molecule has 0 aliphatic rings. The highest BCUT2D eigenvalue weighted by molar-refractivity contribution is 6.36. The fourth-order valence-electron chi connectivity index (χ4n) is 1.45. The van der Waals surface area contributed by atoms with Crippen LogP contribution in [0.3, 0.4) is 0 Å². The van der Waals surface area contributed by atoms with E-state index in [0.29, 0.717) is 21.5 Å². The molecule has 0 unspecified atom stereocenters. The Morgan fingerprint density at radius 1 is 1.33 bits per heavy atom. The number of H-pyrrole nitrogens is 1. The van der Waals surface area contributed by atoms with Gasteiger partial charge in [-0.05, 0) is 19.9 Å². The van der Waals surface area contributed by atoms with Gasteiger partial charge in [-0.25, -0.2) is 4.79 Å². The summed E-state index contributed by atoms with van der Waals surface area (Å²) >= 11 is 12.1. The molecular weight excluding hydrogens is 277 g/mol. The van der Waals surface area contributed by atoms with E-state index in [2.05, 4.69) is 10.1 Å². The van der Waals surface area contributed by atoms with Gasteiger partial charge in [-0.2, -0.15) is 9.78 Å². The van der Waals surface area contributed by atoms with E-state index in [-0.39, 0.29) is 11.8 Å². The van der Waals surface area contributed by atoms with Crippen LogP contribution in [-0.4, -0.2) is 20.9 Å². The van der Waals surface area contributed by atoms with Crippen LogP contribution in [0.15, 0.2) is 23.3 Å². The first-order chi connectivity index (χ1) is 8.49. The Morgan fingerprint density at radius 2 is 2.06 bits per heavy atom. The molecule has 5 nitrogen and oxygen atoms in total. The van der Waals surface area contributed by atoms with Crippen molar-refractivity contribution >= 4 is 23.2 Å². The van der Waals surface area contributed by atoms with Gasteiger partial charge in [-0.3, -0.25) is 4.98 Å². The second-order valence-electron chi connectivity index (χ2n) is 3.91. The molecule has 0 bridgehead atoms. The summed E-state index contributed by atoms with van der Waals surface area (Å²) in [4.78, 5) is 13.9. The molecule has 0 spiro atoms. The number of hydrogen-bond donors (Lipinski definition) is 1. The third kappa shape index (κ3) is 2.52. The molecule has 96 valence electrons. The quantitative estimate of drug-likeness (QED) is 0.944. The molecule has 1 aromatic heterocycles. The minimum absolute atomic E-state index is 0.0348. The summed E-state index contributed by atoms with van der Waals surface area (Å²) in [6.07, 6.45) is 1.25. The van der Waals surface area contributed by atoms with Crippen molar-refractivity contribution in [1.29, 1.82) is 0 Å². The first-order valence-electron chi connectivity index (χ1n) is 5.28. The van der Waals surface area contributed by atoms with E-state index in [0.717, 1.165) is 4.68 Å². The van der Waals surface area contributed by atoms with E-state index < -0.39 is 0 Å². The second-order valence-corrected chi connectivity index (χ2v) is 4.72. The van der Waals surface area contributed by atoms with E-state index in [9.17, 15) is 4.79 Å². The predicted octanol–water partition coefficient (Wildman–Crippen LogP) is 2.65. The molecule has 0 saturated carbocycles. The summed E-state index contributed by atoms with van der Waals surface area (Å²) in [5, 5.41) is 4.58. The molecule has 0 saturated heterocycles. The first-order valence-corrected chi connectivity index (χ1v) is 6.03. The van der Waals surface area contributed by atoms with Crippen molar-refractivity contribution in [3.05, 3.63) is 39.0 Å². The number of halogens is 2. The average Bonchev–Trinajstić information content (AvgIpc) is 2.68. The average molecular weight is 288 g/mol. The minimum atomic E-state index is -0.380. The van der Waals surface area contributed by atoms with Crippen LogP contribution in [0.5, 0.6) is 5.75 Å². The maximum atomic E-state index is 11.5. The maximum Gasteiger partial charge on any atom is 0.347 e. The van der Waals surface area contributed by atoms with Gasteiger partial charge in [0.05, 0.1) is 21.8 Å². The zero-order valence-corrected chi connectivity index (χ0v) is 11.3. The Balaban J connectivity index is 2.55. The Kier molecular flexibility index (Phi) is 3.63. The lowest BCUT2D eigenvalue weighted by atomic mass is 10.3. The van der Waals surface area contributed by atoms with Gasteiger partial charge >= 0.3 is 5.69 Å². The van der Waals surface area contributed by atoms with Crippen molar-refractivity contribution < 1.29 is 4.74 Å². The topological polar surface area (TPSA) is 59.9 Å². The normalized spacial score (nSPS) is 10.9. The van der Waals surface area contributed by atoms with Crippen LogP contribution >= 0.6 is 23.2 Å². The molecule has 0 amide bonds. The van der Waals surface area contributed by atoms with Crippen LogP contribution < -0.4 is 10.4 Å². The zero-order chi connectivity index (χ0) is 13.3. The number of aromatic amines is 1. The highest BCUT2D eigenvalue weighted by Gasteiger charge is 2.13. The molecule has 1 aromatic carbocycles. The molecule has 18 heavy (non-hydrogen) atoms. The van der Waals surface area contributed by atoms with Crippen molar-refractivity contribution in [3.8, 4) is 11.4 Å². The number of rotatable bonds is 3. The fourth-order valence-corrected chi connectivity index (χ4v) is 1.96. The smallest absolute Gasteiger partial charge is 0.347 e. The van der Waals surface area contributed by atoms with Crippen LogP contribution in [-0.2, 0) is 0 Å². The van der Waals surface area contributed by atoms with Gasteiger partial charge in [0.25, 0.3) is 0 Å². The largest absolute Gasteiger partial charge is 0.489 e. The van der Waals surface area contributed by atoms with E-state index in [4.69, 9.17) is 27.9 Å². The van der Waals surface area contributed by atoms with Crippen LogP contribution in [0.2, 0.25) is 10.0 Å². The Morgan fingerprint density at radius 3 is 2.61 bits per heavy atom. The van der Waals surface area contributed by atoms with Crippen molar-refractivity contribution in [3.63, 3.8) is 0 Å². The minimum Gasteiger partial charge on any atom is -0.489 e. The highest BCUT2D eigenvalue weighted by Crippen LogP contribution is 2.32. The van der Waals surface area contributed by atoms with Crippen molar-refractivity contribution in [1.82, 2.24) is 14.8 Å². The summed E-state index contributed by atoms with van der Waals surface area (Å²) in [5.74, 6) is 0.459. The van der Waals surface area contributed by atoms with Crippen LogP contribution in [0.25, 0.3) is 5.69 Å². The van der Waals surface area contributed by atoms with Crippen molar-refractivity contribution in [2.75, 3.05) is 0 Å². The molecule has 0 aliphatic heterocycles. The number of nitrogens with zero attached hydrogens (tertiary/aromatic N) is 2. The highest BCUT2D eigenvalue weighted by atomic mass is 35.5. The zero-order valence-electron chi connectivity index (χ0n) is 9.78. The monoisotopic (exact) mass is 287 g/mol. The van der Waals surface area contributed by atoms with Gasteiger partial charge in [-0.1, -0.05) is 23.2 Å². The van der Waals surface area contributed by atoms with E-state index >= 15 is 0 Å². The van der Waals surface area contributed by atoms with E-state index in [1.165, 1.54) is 12.4 Å². The summed E-state index contributed by atoms with van der Waals surface area (Å²) in [6.45, 7) is 3.76. The lowest BCUT2D eigenvalue weighted by molar-refractivity contribution is 0.242. The maximum absolute atomic E-state index is 11.5. The van der Waals surface area contributed by atoms with Crippen LogP contribution in [0.4, 0.5) is 0 Å².